The number of aryl methyl sites for hydroxylation is 3. The minimum absolute atomic E-state index is 0.0997. The van der Waals surface area contributed by atoms with E-state index in [-0.39, 0.29) is 6.04 Å². The number of nitrogens with two attached hydrogens (primary N) is 1. The van der Waals surface area contributed by atoms with Crippen LogP contribution in [0.25, 0.3) is 0 Å². The lowest BCUT2D eigenvalue weighted by Gasteiger charge is -2.13. The van der Waals surface area contributed by atoms with Crippen LogP contribution in [0.3, 0.4) is 0 Å². The van der Waals surface area contributed by atoms with Crippen LogP contribution in [-0.2, 0) is 0 Å². The van der Waals surface area contributed by atoms with Crippen molar-refractivity contribution in [1.29, 1.82) is 0 Å². The van der Waals surface area contributed by atoms with E-state index in [1.807, 2.05) is 13.0 Å². The summed E-state index contributed by atoms with van der Waals surface area (Å²) >= 11 is 0. The Kier molecular flexibility index (Phi) is 2.84. The van der Waals surface area contributed by atoms with Crippen LogP contribution in [0.5, 0.6) is 0 Å². The Morgan fingerprint density at radius 1 is 1.06 bits per heavy atom. The van der Waals surface area contributed by atoms with Gasteiger partial charge in [-0.15, -0.1) is 0 Å². The van der Waals surface area contributed by atoms with Crippen molar-refractivity contribution < 1.29 is 4.42 Å². The van der Waals surface area contributed by atoms with Crippen molar-refractivity contribution in [3.8, 4) is 0 Å². The van der Waals surface area contributed by atoms with Crippen LogP contribution < -0.4 is 5.73 Å². The highest BCUT2D eigenvalue weighted by molar-refractivity contribution is 5.37. The van der Waals surface area contributed by atoms with E-state index in [2.05, 4.69) is 32.0 Å². The summed E-state index contributed by atoms with van der Waals surface area (Å²) in [5, 5.41) is 0. The van der Waals surface area contributed by atoms with Crippen LogP contribution in [0, 0.1) is 20.8 Å². The summed E-state index contributed by atoms with van der Waals surface area (Å²) in [5.74, 6) is 0.895. The van der Waals surface area contributed by atoms with Crippen molar-refractivity contribution >= 4 is 0 Å². The molecule has 1 heterocycles. The molecule has 1 aromatic carbocycles. The van der Waals surface area contributed by atoms with Gasteiger partial charge in [0.1, 0.15) is 5.76 Å². The molecule has 0 saturated carbocycles. The highest BCUT2D eigenvalue weighted by Gasteiger charge is 2.13. The van der Waals surface area contributed by atoms with Gasteiger partial charge in [-0.25, -0.2) is 0 Å². The van der Waals surface area contributed by atoms with Crippen molar-refractivity contribution in [3.63, 3.8) is 0 Å². The average molecular weight is 215 g/mol. The number of benzene rings is 1. The summed E-state index contributed by atoms with van der Waals surface area (Å²) in [7, 11) is 0. The van der Waals surface area contributed by atoms with Crippen LogP contribution >= 0.6 is 0 Å². The van der Waals surface area contributed by atoms with E-state index >= 15 is 0 Å². The second kappa shape index (κ2) is 4.14. The van der Waals surface area contributed by atoms with Crippen LogP contribution in [0.1, 0.15) is 34.1 Å². The molecule has 0 bridgehead atoms. The fourth-order valence-electron chi connectivity index (χ4n) is 2.09. The number of hydrogen-bond donors (Lipinski definition) is 1. The van der Waals surface area contributed by atoms with E-state index in [9.17, 15) is 0 Å². The molecule has 2 N–H and O–H groups in total. The lowest BCUT2D eigenvalue weighted by Crippen LogP contribution is -2.12. The summed E-state index contributed by atoms with van der Waals surface area (Å²) < 4.78 is 5.29. The van der Waals surface area contributed by atoms with Gasteiger partial charge in [0.05, 0.1) is 12.3 Å². The maximum absolute atomic E-state index is 6.24. The molecule has 0 aliphatic heterocycles. The van der Waals surface area contributed by atoms with Crippen LogP contribution in [-0.4, -0.2) is 0 Å². The summed E-state index contributed by atoms with van der Waals surface area (Å²) in [6.07, 6.45) is 1.69. The van der Waals surface area contributed by atoms with Gasteiger partial charge < -0.3 is 10.2 Å². The number of hydrogen-bond acceptors (Lipinski definition) is 2. The molecule has 0 aliphatic rings. The Morgan fingerprint density at radius 2 is 1.69 bits per heavy atom. The van der Waals surface area contributed by atoms with Crippen LogP contribution in [0.4, 0.5) is 0 Å². The van der Waals surface area contributed by atoms with Gasteiger partial charge in [-0.2, -0.15) is 0 Å². The minimum Gasteiger partial charge on any atom is -0.469 e. The Hall–Kier alpha value is -1.54. The maximum atomic E-state index is 6.24. The number of furan rings is 1. The molecule has 2 aromatic rings. The highest BCUT2D eigenvalue weighted by atomic mass is 16.3. The smallest absolute Gasteiger partial charge is 0.105 e. The van der Waals surface area contributed by atoms with Crippen molar-refractivity contribution in [2.24, 2.45) is 5.73 Å². The third-order valence-electron chi connectivity index (χ3n) is 2.84. The van der Waals surface area contributed by atoms with Gasteiger partial charge in [-0.1, -0.05) is 29.3 Å². The first-order valence-corrected chi connectivity index (χ1v) is 5.45. The van der Waals surface area contributed by atoms with Gasteiger partial charge in [-0.05, 0) is 32.4 Å². The van der Waals surface area contributed by atoms with E-state index in [1.165, 1.54) is 11.1 Å². The quantitative estimate of drug-likeness (QED) is 0.835. The molecule has 0 fully saturated rings. The van der Waals surface area contributed by atoms with Gasteiger partial charge in [0.25, 0.3) is 0 Å². The topological polar surface area (TPSA) is 39.2 Å². The fraction of sp³-hybridized carbons (Fsp3) is 0.286. The SMILES string of the molecule is Cc1cc(C)cc(C(N)c2ccoc2C)c1. The Labute approximate surface area is 96.1 Å². The normalized spacial score (nSPS) is 12.8. The first kappa shape index (κ1) is 11.0. The molecule has 1 atom stereocenters. The van der Waals surface area contributed by atoms with Gasteiger partial charge in [0.15, 0.2) is 0 Å². The monoisotopic (exact) mass is 215 g/mol. The minimum atomic E-state index is -0.0997. The second-order valence-electron chi connectivity index (χ2n) is 4.33. The molecule has 0 radical (unpaired) electrons. The number of rotatable bonds is 2. The zero-order chi connectivity index (χ0) is 11.7. The molecule has 1 aromatic heterocycles. The lowest BCUT2D eigenvalue weighted by molar-refractivity contribution is 0.527. The van der Waals surface area contributed by atoms with E-state index in [0.29, 0.717) is 0 Å². The van der Waals surface area contributed by atoms with Gasteiger partial charge in [0.2, 0.25) is 0 Å². The molecule has 2 nitrogen and oxygen atoms in total. The molecular formula is C14H17NO. The summed E-state index contributed by atoms with van der Waals surface area (Å²) in [6.45, 7) is 6.12. The first-order chi connectivity index (χ1) is 7.58. The largest absolute Gasteiger partial charge is 0.469 e. The molecule has 2 rings (SSSR count). The van der Waals surface area contributed by atoms with E-state index in [4.69, 9.17) is 10.2 Å². The van der Waals surface area contributed by atoms with Gasteiger partial charge >= 0.3 is 0 Å². The van der Waals surface area contributed by atoms with E-state index in [0.717, 1.165) is 16.9 Å². The van der Waals surface area contributed by atoms with Gasteiger partial charge in [0, 0.05) is 5.56 Å². The first-order valence-electron chi connectivity index (χ1n) is 5.45. The highest BCUT2D eigenvalue weighted by Crippen LogP contribution is 2.24. The van der Waals surface area contributed by atoms with E-state index in [1.54, 1.807) is 6.26 Å². The molecule has 0 amide bonds. The van der Waals surface area contributed by atoms with Crippen molar-refractivity contribution in [1.82, 2.24) is 0 Å². The summed E-state index contributed by atoms with van der Waals surface area (Å²) in [4.78, 5) is 0. The molecule has 84 valence electrons. The Morgan fingerprint density at radius 3 is 2.19 bits per heavy atom. The van der Waals surface area contributed by atoms with Crippen molar-refractivity contribution in [2.75, 3.05) is 0 Å². The zero-order valence-electron chi connectivity index (χ0n) is 9.95. The fourth-order valence-corrected chi connectivity index (χ4v) is 2.09. The zero-order valence-corrected chi connectivity index (χ0v) is 9.95. The van der Waals surface area contributed by atoms with Gasteiger partial charge in [-0.3, -0.25) is 0 Å². The Balaban J connectivity index is 2.41. The Bertz CT molecular complexity index is 479. The lowest BCUT2D eigenvalue weighted by atomic mass is 9.97. The third kappa shape index (κ3) is 2.02. The molecular weight excluding hydrogens is 198 g/mol. The average Bonchev–Trinajstić information content (AvgIpc) is 2.62. The molecule has 0 spiro atoms. The van der Waals surface area contributed by atoms with Crippen molar-refractivity contribution in [3.05, 3.63) is 58.5 Å². The molecule has 0 aliphatic carbocycles. The van der Waals surface area contributed by atoms with Crippen molar-refractivity contribution in [2.45, 2.75) is 26.8 Å². The third-order valence-corrected chi connectivity index (χ3v) is 2.84. The summed E-state index contributed by atoms with van der Waals surface area (Å²) in [6, 6.07) is 8.25. The predicted molar refractivity (Wildman–Crippen MR) is 65.4 cm³/mol. The predicted octanol–water partition coefficient (Wildman–Crippen LogP) is 3.25. The van der Waals surface area contributed by atoms with E-state index < -0.39 is 0 Å². The maximum Gasteiger partial charge on any atom is 0.105 e. The summed E-state index contributed by atoms with van der Waals surface area (Å²) in [5.41, 5.74) is 10.9. The van der Waals surface area contributed by atoms with Crippen LogP contribution in [0.15, 0.2) is 34.9 Å². The van der Waals surface area contributed by atoms with Crippen LogP contribution in [0.2, 0.25) is 0 Å². The molecule has 1 unspecified atom stereocenters. The standard InChI is InChI=1S/C14H17NO/c1-9-6-10(2)8-12(7-9)14(15)13-4-5-16-11(13)3/h4-8,14H,15H2,1-3H3. The second-order valence-corrected chi connectivity index (χ2v) is 4.33. The molecule has 16 heavy (non-hydrogen) atoms. The molecule has 0 saturated heterocycles. The molecule has 2 heteroatoms.